The van der Waals surface area contributed by atoms with E-state index >= 15 is 0 Å². The lowest BCUT2D eigenvalue weighted by atomic mass is 10.3. The number of rotatable bonds is 9. The van der Waals surface area contributed by atoms with Gasteiger partial charge in [-0.3, -0.25) is 9.52 Å². The Morgan fingerprint density at radius 3 is 2.17 bits per heavy atom. The Morgan fingerprint density at radius 2 is 1.46 bits per heavy atom. The first-order chi connectivity index (χ1) is 16.9. The van der Waals surface area contributed by atoms with Crippen molar-refractivity contribution in [1.82, 2.24) is 0 Å². The van der Waals surface area contributed by atoms with Crippen LogP contribution in [0.5, 0.6) is 17.2 Å². The number of benzene rings is 4. The van der Waals surface area contributed by atoms with E-state index in [1.54, 1.807) is 54.6 Å². The SMILES string of the molecule is O=C(COc1ccc(S(=O)(=O)Nc2ccccc2)cc1Cl)Nc1ccccc1Oc1ccccc1. The van der Waals surface area contributed by atoms with Crippen molar-refractivity contribution in [2.45, 2.75) is 4.90 Å². The van der Waals surface area contributed by atoms with Crippen molar-refractivity contribution in [1.29, 1.82) is 0 Å². The van der Waals surface area contributed by atoms with Gasteiger partial charge in [-0.05, 0) is 54.6 Å². The average Bonchev–Trinajstić information content (AvgIpc) is 2.85. The average molecular weight is 509 g/mol. The van der Waals surface area contributed by atoms with Gasteiger partial charge in [0.1, 0.15) is 11.5 Å². The Hall–Kier alpha value is -4.01. The number of carbonyl (C=O) groups excluding carboxylic acids is 1. The van der Waals surface area contributed by atoms with Crippen LogP contribution in [0.3, 0.4) is 0 Å². The molecule has 0 unspecified atom stereocenters. The number of sulfonamides is 1. The van der Waals surface area contributed by atoms with Gasteiger partial charge in [-0.1, -0.05) is 60.1 Å². The molecule has 0 bridgehead atoms. The summed E-state index contributed by atoms with van der Waals surface area (Å²) in [5.74, 6) is 0.849. The van der Waals surface area contributed by atoms with E-state index in [1.165, 1.54) is 18.2 Å². The van der Waals surface area contributed by atoms with E-state index in [2.05, 4.69) is 10.0 Å². The van der Waals surface area contributed by atoms with E-state index in [0.29, 0.717) is 22.9 Å². The summed E-state index contributed by atoms with van der Waals surface area (Å²) in [6.45, 7) is -0.340. The summed E-state index contributed by atoms with van der Waals surface area (Å²) >= 11 is 6.23. The molecular weight excluding hydrogens is 488 g/mol. The summed E-state index contributed by atoms with van der Waals surface area (Å²) in [7, 11) is -3.84. The third kappa shape index (κ3) is 6.53. The zero-order chi connectivity index (χ0) is 24.7. The van der Waals surface area contributed by atoms with Crippen molar-refractivity contribution >= 4 is 38.9 Å². The summed E-state index contributed by atoms with van der Waals surface area (Å²) in [5, 5.41) is 2.80. The monoisotopic (exact) mass is 508 g/mol. The summed E-state index contributed by atoms with van der Waals surface area (Å²) in [4.78, 5) is 12.5. The topological polar surface area (TPSA) is 93.7 Å². The Balaban J connectivity index is 1.38. The fraction of sp³-hybridized carbons (Fsp3) is 0.0385. The van der Waals surface area contributed by atoms with Gasteiger partial charge in [0.2, 0.25) is 0 Å². The molecule has 2 N–H and O–H groups in total. The lowest BCUT2D eigenvalue weighted by molar-refractivity contribution is -0.118. The zero-order valence-electron chi connectivity index (χ0n) is 18.3. The molecule has 4 aromatic carbocycles. The van der Waals surface area contributed by atoms with Crippen molar-refractivity contribution in [3.63, 3.8) is 0 Å². The number of ether oxygens (including phenoxy) is 2. The van der Waals surface area contributed by atoms with Gasteiger partial charge < -0.3 is 14.8 Å². The zero-order valence-corrected chi connectivity index (χ0v) is 19.9. The van der Waals surface area contributed by atoms with Gasteiger partial charge in [0.05, 0.1) is 15.6 Å². The molecule has 0 heterocycles. The van der Waals surface area contributed by atoms with Gasteiger partial charge in [-0.2, -0.15) is 0 Å². The van der Waals surface area contributed by atoms with Crippen LogP contribution in [0.25, 0.3) is 0 Å². The maximum absolute atomic E-state index is 12.6. The number of para-hydroxylation sites is 4. The smallest absolute Gasteiger partial charge is 0.262 e. The highest BCUT2D eigenvalue weighted by Gasteiger charge is 2.17. The molecule has 0 aliphatic rings. The first-order valence-electron chi connectivity index (χ1n) is 10.5. The van der Waals surface area contributed by atoms with Crippen LogP contribution in [0.4, 0.5) is 11.4 Å². The molecule has 0 saturated heterocycles. The molecule has 4 aromatic rings. The minimum Gasteiger partial charge on any atom is -0.482 e. The first kappa shape index (κ1) is 24.1. The predicted molar refractivity (Wildman–Crippen MR) is 136 cm³/mol. The molecule has 0 atom stereocenters. The molecule has 0 aliphatic carbocycles. The minimum absolute atomic E-state index is 0.0323. The van der Waals surface area contributed by atoms with Gasteiger partial charge >= 0.3 is 0 Å². The highest BCUT2D eigenvalue weighted by atomic mass is 35.5. The van der Waals surface area contributed by atoms with Crippen LogP contribution < -0.4 is 19.5 Å². The summed E-state index contributed by atoms with van der Waals surface area (Å²) in [5.41, 5.74) is 0.904. The van der Waals surface area contributed by atoms with E-state index in [1.807, 2.05) is 30.3 Å². The third-order valence-corrected chi connectivity index (χ3v) is 6.40. The molecule has 0 saturated carbocycles. The van der Waals surface area contributed by atoms with Crippen molar-refractivity contribution in [3.05, 3.63) is 108 Å². The van der Waals surface area contributed by atoms with Gasteiger partial charge in [-0.25, -0.2) is 8.42 Å². The Morgan fingerprint density at radius 1 is 0.800 bits per heavy atom. The second-order valence-corrected chi connectivity index (χ2v) is 9.40. The van der Waals surface area contributed by atoms with Crippen LogP contribution in [0.2, 0.25) is 5.02 Å². The molecule has 0 spiro atoms. The van der Waals surface area contributed by atoms with Gasteiger partial charge in [-0.15, -0.1) is 0 Å². The van der Waals surface area contributed by atoms with Crippen molar-refractivity contribution in [2.75, 3.05) is 16.6 Å². The second kappa shape index (κ2) is 10.9. The third-order valence-electron chi connectivity index (χ3n) is 4.73. The molecule has 178 valence electrons. The second-order valence-electron chi connectivity index (χ2n) is 7.31. The van der Waals surface area contributed by atoms with Crippen molar-refractivity contribution < 1.29 is 22.7 Å². The normalized spacial score (nSPS) is 10.9. The van der Waals surface area contributed by atoms with E-state index in [9.17, 15) is 13.2 Å². The molecule has 0 radical (unpaired) electrons. The molecule has 4 rings (SSSR count). The van der Waals surface area contributed by atoms with Crippen molar-refractivity contribution in [3.8, 4) is 17.2 Å². The molecule has 7 nitrogen and oxygen atoms in total. The lowest BCUT2D eigenvalue weighted by Crippen LogP contribution is -2.20. The van der Waals surface area contributed by atoms with Crippen LogP contribution >= 0.6 is 11.6 Å². The number of hydrogen-bond donors (Lipinski definition) is 2. The van der Waals surface area contributed by atoms with Crippen molar-refractivity contribution in [2.24, 2.45) is 0 Å². The molecule has 0 fully saturated rings. The predicted octanol–water partition coefficient (Wildman–Crippen LogP) is 5.95. The number of amides is 1. The number of anilines is 2. The minimum atomic E-state index is -3.84. The summed E-state index contributed by atoms with van der Waals surface area (Å²) in [6.07, 6.45) is 0. The standard InChI is InChI=1S/C26H21ClN2O5S/c27-22-17-21(35(31,32)29-19-9-3-1-4-10-19)15-16-24(22)33-18-26(30)28-23-13-7-8-14-25(23)34-20-11-5-2-6-12-20/h1-17,29H,18H2,(H,28,30). The Labute approximate surface area is 208 Å². The van der Waals surface area contributed by atoms with E-state index < -0.39 is 15.9 Å². The highest BCUT2D eigenvalue weighted by molar-refractivity contribution is 7.92. The van der Waals surface area contributed by atoms with Crippen LogP contribution in [0.1, 0.15) is 0 Å². The fourth-order valence-corrected chi connectivity index (χ4v) is 4.47. The largest absolute Gasteiger partial charge is 0.482 e. The quantitative estimate of drug-likeness (QED) is 0.291. The summed E-state index contributed by atoms with van der Waals surface area (Å²) in [6, 6.07) is 28.7. The highest BCUT2D eigenvalue weighted by Crippen LogP contribution is 2.30. The van der Waals surface area contributed by atoms with E-state index in [0.717, 1.165) is 0 Å². The lowest BCUT2D eigenvalue weighted by Gasteiger charge is -2.13. The number of hydrogen-bond acceptors (Lipinski definition) is 5. The van der Waals surface area contributed by atoms with Crippen LogP contribution in [-0.2, 0) is 14.8 Å². The number of nitrogens with one attached hydrogen (secondary N) is 2. The molecule has 0 aromatic heterocycles. The molecular formula is C26H21ClN2O5S. The number of halogens is 1. The molecule has 1 amide bonds. The van der Waals surface area contributed by atoms with Crippen LogP contribution in [0, 0.1) is 0 Å². The van der Waals surface area contributed by atoms with Crippen LogP contribution in [-0.4, -0.2) is 20.9 Å². The van der Waals surface area contributed by atoms with Crippen LogP contribution in [0.15, 0.2) is 108 Å². The summed E-state index contributed by atoms with van der Waals surface area (Å²) < 4.78 is 39.1. The Kier molecular flexibility index (Phi) is 7.54. The number of carbonyl (C=O) groups is 1. The molecule has 9 heteroatoms. The van der Waals surface area contributed by atoms with Gasteiger partial charge in [0, 0.05) is 5.69 Å². The molecule has 0 aliphatic heterocycles. The molecule has 35 heavy (non-hydrogen) atoms. The van der Waals surface area contributed by atoms with E-state index in [4.69, 9.17) is 21.1 Å². The fourth-order valence-electron chi connectivity index (χ4n) is 3.09. The van der Waals surface area contributed by atoms with Gasteiger partial charge in [0.25, 0.3) is 15.9 Å². The first-order valence-corrected chi connectivity index (χ1v) is 12.4. The van der Waals surface area contributed by atoms with E-state index in [-0.39, 0.29) is 22.3 Å². The Bertz CT molecular complexity index is 1410. The maximum atomic E-state index is 12.6. The van der Waals surface area contributed by atoms with Gasteiger partial charge in [0.15, 0.2) is 12.4 Å². The maximum Gasteiger partial charge on any atom is 0.262 e.